The molecule has 1 atom stereocenters. The lowest BCUT2D eigenvalue weighted by atomic mass is 10.2. The summed E-state index contributed by atoms with van der Waals surface area (Å²) in [5.41, 5.74) is 5.36. The maximum Gasteiger partial charge on any atom is 0.236 e. The largest absolute Gasteiger partial charge is 0.355 e. The van der Waals surface area contributed by atoms with Gasteiger partial charge in [0.05, 0.1) is 6.04 Å². The Balaban J connectivity index is 3.14. The smallest absolute Gasteiger partial charge is 0.236 e. The zero-order chi connectivity index (χ0) is 9.40. The van der Waals surface area contributed by atoms with Gasteiger partial charge >= 0.3 is 0 Å². The number of alkyl halides is 1. The Morgan fingerprint density at radius 2 is 2.17 bits per heavy atom. The molecule has 0 saturated carbocycles. The molecule has 0 fully saturated rings. The Hall–Kier alpha value is -0.0900. The van der Waals surface area contributed by atoms with Crippen LogP contribution in [0.4, 0.5) is 0 Å². The van der Waals surface area contributed by atoms with Gasteiger partial charge in [0.1, 0.15) is 0 Å². The lowest BCUT2D eigenvalue weighted by Crippen LogP contribution is -2.38. The summed E-state index contributed by atoms with van der Waals surface area (Å²) in [5.74, 6) is -0.0613. The normalized spacial score (nSPS) is 12.6. The Morgan fingerprint density at radius 3 is 2.67 bits per heavy atom. The average Bonchev–Trinajstić information content (AvgIpc) is 2.03. The molecule has 0 saturated heterocycles. The van der Waals surface area contributed by atoms with Crippen LogP contribution in [0.25, 0.3) is 0 Å². The van der Waals surface area contributed by atoms with Gasteiger partial charge in [-0.1, -0.05) is 22.4 Å². The number of rotatable bonds is 6. The van der Waals surface area contributed by atoms with E-state index in [9.17, 15) is 4.79 Å². The number of nitrogens with two attached hydrogens (primary N) is 1. The van der Waals surface area contributed by atoms with Gasteiger partial charge in [-0.2, -0.15) is 0 Å². The maximum atomic E-state index is 10.9. The van der Waals surface area contributed by atoms with Crippen molar-refractivity contribution in [2.24, 2.45) is 5.73 Å². The topological polar surface area (TPSA) is 55.1 Å². The third kappa shape index (κ3) is 6.61. The molecule has 3 N–H and O–H groups in total. The third-order valence-corrected chi connectivity index (χ3v) is 2.08. The van der Waals surface area contributed by atoms with Crippen LogP contribution < -0.4 is 11.1 Å². The second-order valence-electron chi connectivity index (χ2n) is 2.83. The Kier molecular flexibility index (Phi) is 7.50. The standard InChI is InChI=1S/C8H17BrN2O/c1-7(10)8(12)11-6-4-2-3-5-9/h7H,2-6,10H2,1H3,(H,11,12)/t7-/m0/s1. The first-order valence-corrected chi connectivity index (χ1v) is 5.40. The van der Waals surface area contributed by atoms with Crippen LogP contribution in [0, 0.1) is 0 Å². The average molecular weight is 237 g/mol. The highest BCUT2D eigenvalue weighted by Crippen LogP contribution is 1.96. The molecule has 0 aliphatic carbocycles. The van der Waals surface area contributed by atoms with E-state index < -0.39 is 0 Å². The highest BCUT2D eigenvalue weighted by molar-refractivity contribution is 9.09. The second kappa shape index (κ2) is 7.55. The second-order valence-corrected chi connectivity index (χ2v) is 3.62. The van der Waals surface area contributed by atoms with Gasteiger partial charge in [-0.05, 0) is 19.8 Å². The maximum absolute atomic E-state index is 10.9. The predicted molar refractivity (Wildman–Crippen MR) is 54.3 cm³/mol. The van der Waals surface area contributed by atoms with Gasteiger partial charge in [-0.25, -0.2) is 0 Å². The molecule has 3 nitrogen and oxygen atoms in total. The van der Waals surface area contributed by atoms with Crippen molar-refractivity contribution in [1.29, 1.82) is 0 Å². The van der Waals surface area contributed by atoms with Crippen molar-refractivity contribution in [1.82, 2.24) is 5.32 Å². The Morgan fingerprint density at radius 1 is 1.50 bits per heavy atom. The molecule has 0 aromatic heterocycles. The predicted octanol–water partition coefficient (Wildman–Crippen LogP) is 1.01. The minimum absolute atomic E-state index is 0.0613. The van der Waals surface area contributed by atoms with Crippen molar-refractivity contribution in [2.75, 3.05) is 11.9 Å². The molecule has 0 aromatic rings. The molecule has 0 heterocycles. The van der Waals surface area contributed by atoms with Gasteiger partial charge in [0.25, 0.3) is 0 Å². The summed E-state index contributed by atoms with van der Waals surface area (Å²) in [5, 5.41) is 3.80. The van der Waals surface area contributed by atoms with Crippen molar-refractivity contribution in [3.63, 3.8) is 0 Å². The summed E-state index contributed by atoms with van der Waals surface area (Å²) in [7, 11) is 0. The van der Waals surface area contributed by atoms with Crippen LogP contribution in [0.15, 0.2) is 0 Å². The van der Waals surface area contributed by atoms with Crippen LogP contribution >= 0.6 is 15.9 Å². The number of hydrogen-bond donors (Lipinski definition) is 2. The van der Waals surface area contributed by atoms with E-state index in [2.05, 4.69) is 21.2 Å². The zero-order valence-corrected chi connectivity index (χ0v) is 9.06. The first-order valence-electron chi connectivity index (χ1n) is 4.27. The van der Waals surface area contributed by atoms with Crippen molar-refractivity contribution in [3.8, 4) is 0 Å². The number of carbonyl (C=O) groups is 1. The molecule has 0 aliphatic heterocycles. The van der Waals surface area contributed by atoms with Crippen molar-refractivity contribution in [3.05, 3.63) is 0 Å². The van der Waals surface area contributed by atoms with Gasteiger partial charge in [0, 0.05) is 11.9 Å². The molecule has 12 heavy (non-hydrogen) atoms. The summed E-state index contributed by atoms with van der Waals surface area (Å²) in [6.07, 6.45) is 3.34. The van der Waals surface area contributed by atoms with E-state index in [0.29, 0.717) is 0 Å². The van der Waals surface area contributed by atoms with Gasteiger partial charge in [-0.3, -0.25) is 4.79 Å². The van der Waals surface area contributed by atoms with Crippen molar-refractivity contribution >= 4 is 21.8 Å². The number of unbranched alkanes of at least 4 members (excludes halogenated alkanes) is 2. The number of nitrogens with one attached hydrogen (secondary N) is 1. The number of carbonyl (C=O) groups excluding carboxylic acids is 1. The van der Waals surface area contributed by atoms with Crippen LogP contribution in [-0.4, -0.2) is 23.8 Å². The van der Waals surface area contributed by atoms with Crippen molar-refractivity contribution in [2.45, 2.75) is 32.2 Å². The minimum Gasteiger partial charge on any atom is -0.355 e. The van der Waals surface area contributed by atoms with E-state index in [0.717, 1.165) is 31.1 Å². The van der Waals surface area contributed by atoms with Crippen LogP contribution in [0.2, 0.25) is 0 Å². The van der Waals surface area contributed by atoms with Crippen LogP contribution in [-0.2, 0) is 4.79 Å². The molecule has 0 unspecified atom stereocenters. The summed E-state index contributed by atoms with van der Waals surface area (Å²) in [6.45, 7) is 2.43. The summed E-state index contributed by atoms with van der Waals surface area (Å²) in [6, 6.07) is -0.388. The van der Waals surface area contributed by atoms with Gasteiger partial charge in [-0.15, -0.1) is 0 Å². The van der Waals surface area contributed by atoms with Crippen LogP contribution in [0.3, 0.4) is 0 Å². The van der Waals surface area contributed by atoms with Crippen LogP contribution in [0.5, 0.6) is 0 Å². The number of hydrogen-bond acceptors (Lipinski definition) is 2. The summed E-state index contributed by atoms with van der Waals surface area (Å²) < 4.78 is 0. The molecule has 0 radical (unpaired) electrons. The summed E-state index contributed by atoms with van der Waals surface area (Å²) in [4.78, 5) is 10.9. The fraction of sp³-hybridized carbons (Fsp3) is 0.875. The molecular formula is C8H17BrN2O. The highest BCUT2D eigenvalue weighted by atomic mass is 79.9. The third-order valence-electron chi connectivity index (χ3n) is 1.52. The molecule has 1 amide bonds. The Labute approximate surface area is 82.2 Å². The number of amides is 1. The fourth-order valence-electron chi connectivity index (χ4n) is 0.769. The molecule has 0 aliphatic rings. The molecule has 4 heteroatoms. The van der Waals surface area contributed by atoms with Gasteiger partial charge in [0.2, 0.25) is 5.91 Å². The monoisotopic (exact) mass is 236 g/mol. The molecule has 0 bridgehead atoms. The van der Waals surface area contributed by atoms with E-state index in [1.807, 2.05) is 0 Å². The van der Waals surface area contributed by atoms with E-state index in [-0.39, 0.29) is 11.9 Å². The minimum atomic E-state index is -0.388. The zero-order valence-electron chi connectivity index (χ0n) is 7.48. The lowest BCUT2D eigenvalue weighted by Gasteiger charge is -2.06. The first-order chi connectivity index (χ1) is 5.68. The first kappa shape index (κ1) is 11.9. The summed E-state index contributed by atoms with van der Waals surface area (Å²) >= 11 is 3.35. The number of halogens is 1. The van der Waals surface area contributed by atoms with Crippen LogP contribution in [0.1, 0.15) is 26.2 Å². The quantitative estimate of drug-likeness (QED) is 0.535. The molecule has 0 aromatic carbocycles. The van der Waals surface area contributed by atoms with E-state index in [1.54, 1.807) is 6.92 Å². The Bertz CT molecular complexity index is 128. The van der Waals surface area contributed by atoms with E-state index in [1.165, 1.54) is 0 Å². The molecular weight excluding hydrogens is 220 g/mol. The molecule has 0 spiro atoms. The van der Waals surface area contributed by atoms with Gasteiger partial charge < -0.3 is 11.1 Å². The van der Waals surface area contributed by atoms with E-state index in [4.69, 9.17) is 5.73 Å². The van der Waals surface area contributed by atoms with E-state index >= 15 is 0 Å². The highest BCUT2D eigenvalue weighted by Gasteiger charge is 2.04. The SMILES string of the molecule is C[C@H](N)C(=O)NCCCCCBr. The molecule has 72 valence electrons. The van der Waals surface area contributed by atoms with Gasteiger partial charge in [0.15, 0.2) is 0 Å². The molecule has 0 rings (SSSR count). The lowest BCUT2D eigenvalue weighted by molar-refractivity contribution is -0.121. The van der Waals surface area contributed by atoms with Crippen molar-refractivity contribution < 1.29 is 4.79 Å². The fourth-order valence-corrected chi connectivity index (χ4v) is 1.17.